The number of pyridine rings is 1. The first-order valence-electron chi connectivity index (χ1n) is 10.9. The average molecular weight is 436 g/mol. The number of halogens is 1. The third-order valence-corrected chi connectivity index (χ3v) is 6.94. The minimum atomic E-state index is 0.0708. The summed E-state index contributed by atoms with van der Waals surface area (Å²) in [5.74, 6) is 0.847. The van der Waals surface area contributed by atoms with Crippen LogP contribution in [0, 0.1) is 5.92 Å². The van der Waals surface area contributed by atoms with Crippen molar-refractivity contribution in [1.82, 2.24) is 14.0 Å². The van der Waals surface area contributed by atoms with Crippen LogP contribution in [0.15, 0.2) is 71.8 Å². The van der Waals surface area contributed by atoms with Crippen LogP contribution in [0.4, 0.5) is 0 Å². The number of likely N-dealkylation sites (tertiary alicyclic amines) is 1. The van der Waals surface area contributed by atoms with Crippen LogP contribution in [0.25, 0.3) is 0 Å². The summed E-state index contributed by atoms with van der Waals surface area (Å²) in [7, 11) is 0. The van der Waals surface area contributed by atoms with Gasteiger partial charge in [0.25, 0.3) is 5.56 Å². The van der Waals surface area contributed by atoms with Crippen LogP contribution in [0.3, 0.4) is 0 Å². The second-order valence-electron chi connectivity index (χ2n) is 8.83. The van der Waals surface area contributed by atoms with Crippen LogP contribution in [-0.2, 0) is 17.9 Å². The normalized spacial score (nSPS) is 20.9. The zero-order chi connectivity index (χ0) is 21.4. The van der Waals surface area contributed by atoms with Gasteiger partial charge in [-0.3, -0.25) is 9.59 Å². The Morgan fingerprint density at radius 1 is 1.00 bits per heavy atom. The molecule has 160 valence electrons. The van der Waals surface area contributed by atoms with Crippen molar-refractivity contribution in [2.45, 2.75) is 37.8 Å². The van der Waals surface area contributed by atoms with Crippen LogP contribution >= 0.6 is 11.6 Å². The molecule has 1 aromatic carbocycles. The molecule has 1 unspecified atom stereocenters. The van der Waals surface area contributed by atoms with E-state index in [2.05, 4.69) is 4.57 Å². The molecule has 0 saturated carbocycles. The summed E-state index contributed by atoms with van der Waals surface area (Å²) in [6.07, 6.45) is 5.58. The molecule has 2 bridgehead atoms. The van der Waals surface area contributed by atoms with Gasteiger partial charge in [0.1, 0.15) is 0 Å². The van der Waals surface area contributed by atoms with Gasteiger partial charge >= 0.3 is 0 Å². The fraction of sp³-hybridized carbons (Fsp3) is 0.360. The number of carbonyl (C=O) groups is 1. The van der Waals surface area contributed by atoms with E-state index in [0.717, 1.165) is 30.8 Å². The predicted molar refractivity (Wildman–Crippen MR) is 121 cm³/mol. The van der Waals surface area contributed by atoms with Gasteiger partial charge in [0.2, 0.25) is 5.91 Å². The first-order valence-corrected chi connectivity index (χ1v) is 11.3. The van der Waals surface area contributed by atoms with E-state index in [0.29, 0.717) is 30.5 Å². The van der Waals surface area contributed by atoms with Gasteiger partial charge < -0.3 is 14.0 Å². The molecule has 2 aliphatic rings. The molecular formula is C25H26ClN3O2. The van der Waals surface area contributed by atoms with Gasteiger partial charge in [0.15, 0.2) is 0 Å². The summed E-state index contributed by atoms with van der Waals surface area (Å²) in [6, 6.07) is 17.4. The molecule has 0 spiro atoms. The number of fused-ring (bicyclic) bond motifs is 4. The second-order valence-corrected chi connectivity index (χ2v) is 9.27. The minimum absolute atomic E-state index is 0.0708. The predicted octanol–water partition coefficient (Wildman–Crippen LogP) is 4.12. The highest BCUT2D eigenvalue weighted by Gasteiger charge is 2.36. The third kappa shape index (κ3) is 4.19. The van der Waals surface area contributed by atoms with Gasteiger partial charge in [0, 0.05) is 73.6 Å². The standard InChI is InChI=1S/C25H26ClN3O2/c26-22-8-6-19(7-9-22)20(16-27-10-1-2-11-27)13-25(31)28-14-18-12-21(17-28)23-4-3-5-24(30)29(23)15-18/h1-11,18,20-21H,12-17H2/t18-,20?,21+/m1/s1. The van der Waals surface area contributed by atoms with Crippen LogP contribution < -0.4 is 5.56 Å². The molecule has 1 fully saturated rings. The Kier molecular flexibility index (Phi) is 5.45. The van der Waals surface area contributed by atoms with Crippen LogP contribution in [-0.4, -0.2) is 33.0 Å². The molecule has 5 rings (SSSR count). The van der Waals surface area contributed by atoms with Gasteiger partial charge in [-0.1, -0.05) is 29.8 Å². The highest BCUT2D eigenvalue weighted by Crippen LogP contribution is 2.36. The maximum Gasteiger partial charge on any atom is 0.250 e. The summed E-state index contributed by atoms with van der Waals surface area (Å²) in [6.45, 7) is 2.88. The number of amides is 1. The molecule has 4 heterocycles. The lowest BCUT2D eigenvalue weighted by molar-refractivity contribution is -0.134. The molecule has 3 aromatic rings. The number of benzene rings is 1. The maximum absolute atomic E-state index is 13.4. The number of aromatic nitrogens is 2. The quantitative estimate of drug-likeness (QED) is 0.605. The molecule has 1 saturated heterocycles. The summed E-state index contributed by atoms with van der Waals surface area (Å²) >= 11 is 6.09. The maximum atomic E-state index is 13.4. The van der Waals surface area contributed by atoms with Crippen molar-refractivity contribution in [2.24, 2.45) is 5.92 Å². The fourth-order valence-corrected chi connectivity index (χ4v) is 5.34. The lowest BCUT2D eigenvalue weighted by Gasteiger charge is -2.43. The molecule has 1 amide bonds. The van der Waals surface area contributed by atoms with E-state index in [9.17, 15) is 9.59 Å². The summed E-state index contributed by atoms with van der Waals surface area (Å²) in [5, 5.41) is 0.701. The summed E-state index contributed by atoms with van der Waals surface area (Å²) in [4.78, 5) is 27.7. The zero-order valence-electron chi connectivity index (χ0n) is 17.4. The monoisotopic (exact) mass is 435 g/mol. The van der Waals surface area contributed by atoms with Crippen molar-refractivity contribution in [3.63, 3.8) is 0 Å². The molecular weight excluding hydrogens is 410 g/mol. The van der Waals surface area contributed by atoms with E-state index in [1.54, 1.807) is 6.07 Å². The van der Waals surface area contributed by atoms with Crippen LogP contribution in [0.2, 0.25) is 5.02 Å². The number of piperidine rings is 1. The number of nitrogens with zero attached hydrogens (tertiary/aromatic N) is 3. The first kappa shape index (κ1) is 20.1. The largest absolute Gasteiger partial charge is 0.354 e. The van der Waals surface area contributed by atoms with Gasteiger partial charge in [-0.25, -0.2) is 0 Å². The molecule has 6 heteroatoms. The summed E-state index contributed by atoms with van der Waals surface area (Å²) in [5.41, 5.74) is 2.27. The molecule has 31 heavy (non-hydrogen) atoms. The number of rotatable bonds is 5. The van der Waals surface area contributed by atoms with Gasteiger partial charge in [-0.05, 0) is 48.2 Å². The number of carbonyl (C=O) groups excluding carboxylic acids is 1. The van der Waals surface area contributed by atoms with Gasteiger partial charge in [-0.15, -0.1) is 0 Å². The highest BCUT2D eigenvalue weighted by molar-refractivity contribution is 6.30. The Morgan fingerprint density at radius 3 is 2.55 bits per heavy atom. The Hall–Kier alpha value is -2.79. The number of hydrogen-bond donors (Lipinski definition) is 0. The Morgan fingerprint density at radius 2 is 1.77 bits per heavy atom. The average Bonchev–Trinajstić information content (AvgIpc) is 3.28. The molecule has 2 aromatic heterocycles. The molecule has 3 atom stereocenters. The van der Waals surface area contributed by atoms with Crippen molar-refractivity contribution >= 4 is 17.5 Å². The van der Waals surface area contributed by atoms with E-state index >= 15 is 0 Å². The van der Waals surface area contributed by atoms with E-state index < -0.39 is 0 Å². The zero-order valence-corrected chi connectivity index (χ0v) is 18.1. The minimum Gasteiger partial charge on any atom is -0.354 e. The van der Waals surface area contributed by atoms with Crippen LogP contribution in [0.5, 0.6) is 0 Å². The van der Waals surface area contributed by atoms with E-state index in [1.807, 2.05) is 70.4 Å². The first-order chi connectivity index (χ1) is 15.1. The van der Waals surface area contributed by atoms with E-state index in [4.69, 9.17) is 11.6 Å². The Labute approximate surface area is 186 Å². The van der Waals surface area contributed by atoms with Crippen molar-refractivity contribution in [2.75, 3.05) is 13.1 Å². The Bertz CT molecular complexity index is 1120. The topological polar surface area (TPSA) is 47.2 Å². The van der Waals surface area contributed by atoms with Crippen molar-refractivity contribution in [3.05, 3.63) is 93.6 Å². The lowest BCUT2D eigenvalue weighted by Crippen LogP contribution is -2.49. The van der Waals surface area contributed by atoms with Gasteiger partial charge in [-0.2, -0.15) is 0 Å². The lowest BCUT2D eigenvalue weighted by atomic mass is 9.82. The summed E-state index contributed by atoms with van der Waals surface area (Å²) < 4.78 is 4.03. The number of hydrogen-bond acceptors (Lipinski definition) is 2. The molecule has 0 aliphatic carbocycles. The Balaban J connectivity index is 1.35. The fourth-order valence-electron chi connectivity index (χ4n) is 5.21. The van der Waals surface area contributed by atoms with E-state index in [1.165, 1.54) is 0 Å². The molecule has 5 nitrogen and oxygen atoms in total. The highest BCUT2D eigenvalue weighted by atomic mass is 35.5. The van der Waals surface area contributed by atoms with Crippen molar-refractivity contribution < 1.29 is 4.79 Å². The SMILES string of the molecule is O=C(CC(Cn1cccc1)c1ccc(Cl)cc1)N1C[C@H]2C[C@@H](C1)c1cccc(=O)n1C2. The molecule has 0 radical (unpaired) electrons. The molecule has 0 N–H and O–H groups in total. The molecule has 2 aliphatic heterocycles. The van der Waals surface area contributed by atoms with E-state index in [-0.39, 0.29) is 23.3 Å². The second kappa shape index (κ2) is 8.39. The van der Waals surface area contributed by atoms with Crippen molar-refractivity contribution in [1.29, 1.82) is 0 Å². The van der Waals surface area contributed by atoms with Gasteiger partial charge in [0.05, 0.1) is 0 Å². The van der Waals surface area contributed by atoms with Crippen LogP contribution in [0.1, 0.15) is 35.9 Å². The smallest absolute Gasteiger partial charge is 0.250 e. The van der Waals surface area contributed by atoms with Crippen molar-refractivity contribution in [3.8, 4) is 0 Å². The third-order valence-electron chi connectivity index (χ3n) is 6.69.